The summed E-state index contributed by atoms with van der Waals surface area (Å²) in [6, 6.07) is 41.6. The zero-order chi connectivity index (χ0) is 23.6. The number of benzene rings is 5. The van der Waals surface area contributed by atoms with Crippen molar-refractivity contribution < 1.29 is 0 Å². The van der Waals surface area contributed by atoms with Crippen LogP contribution in [0.3, 0.4) is 0 Å². The van der Waals surface area contributed by atoms with E-state index in [4.69, 9.17) is 4.98 Å². The number of aromatic nitrogens is 2. The third kappa shape index (κ3) is 2.81. The lowest BCUT2D eigenvalue weighted by molar-refractivity contribution is 1.08. The highest BCUT2D eigenvalue weighted by Gasteiger charge is 2.16. The number of hydrogen-bond donors (Lipinski definition) is 0. The third-order valence-electron chi connectivity index (χ3n) is 7.24. The van der Waals surface area contributed by atoms with E-state index in [-0.39, 0.29) is 0 Å². The van der Waals surface area contributed by atoms with E-state index in [1.807, 2.05) is 23.6 Å². The molecule has 0 amide bonds. The van der Waals surface area contributed by atoms with Crippen LogP contribution in [0.15, 0.2) is 121 Å². The zero-order valence-electron chi connectivity index (χ0n) is 19.3. The zero-order valence-corrected chi connectivity index (χ0v) is 20.2. The lowest BCUT2D eigenvalue weighted by Gasteiger charge is -2.07. The molecule has 0 spiro atoms. The fourth-order valence-corrected chi connectivity index (χ4v) is 6.69. The molecule has 5 aromatic carbocycles. The van der Waals surface area contributed by atoms with E-state index in [1.54, 1.807) is 0 Å². The molecular formula is C33H20N2S. The Balaban J connectivity index is 1.45. The summed E-state index contributed by atoms with van der Waals surface area (Å²) in [5.41, 5.74) is 4.82. The molecule has 0 saturated heterocycles. The summed E-state index contributed by atoms with van der Waals surface area (Å²) in [7, 11) is 0. The van der Waals surface area contributed by atoms with Crippen molar-refractivity contribution >= 4 is 64.1 Å². The van der Waals surface area contributed by atoms with Gasteiger partial charge in [-0.25, -0.2) is 4.98 Å². The molecule has 168 valence electrons. The van der Waals surface area contributed by atoms with Gasteiger partial charge in [-0.05, 0) is 70.4 Å². The summed E-state index contributed by atoms with van der Waals surface area (Å²) in [5, 5.41) is 7.71. The second-order valence-electron chi connectivity index (χ2n) is 9.25. The van der Waals surface area contributed by atoms with Gasteiger partial charge >= 0.3 is 0 Å². The molecule has 2 nitrogen and oxygen atoms in total. The second kappa shape index (κ2) is 7.51. The number of pyridine rings is 1. The predicted octanol–water partition coefficient (Wildman–Crippen LogP) is 9.37. The van der Waals surface area contributed by atoms with Crippen LogP contribution in [-0.2, 0) is 0 Å². The van der Waals surface area contributed by atoms with E-state index in [9.17, 15) is 0 Å². The van der Waals surface area contributed by atoms with E-state index in [0.717, 1.165) is 5.82 Å². The molecule has 0 radical (unpaired) electrons. The Kier molecular flexibility index (Phi) is 4.13. The lowest BCUT2D eigenvalue weighted by atomic mass is 9.99. The van der Waals surface area contributed by atoms with Gasteiger partial charge in [-0.1, -0.05) is 66.7 Å². The van der Waals surface area contributed by atoms with Gasteiger partial charge in [0.2, 0.25) is 0 Å². The minimum atomic E-state index is 0.937. The van der Waals surface area contributed by atoms with Crippen molar-refractivity contribution in [2.45, 2.75) is 0 Å². The van der Waals surface area contributed by atoms with Crippen LogP contribution < -0.4 is 0 Å². The maximum atomic E-state index is 4.70. The Hall–Kier alpha value is -4.47. The van der Waals surface area contributed by atoms with Gasteiger partial charge in [0, 0.05) is 37.1 Å². The molecule has 0 aliphatic carbocycles. The number of thiophene rings is 1. The van der Waals surface area contributed by atoms with Gasteiger partial charge in [-0.15, -0.1) is 11.3 Å². The van der Waals surface area contributed by atoms with Crippen molar-refractivity contribution in [3.63, 3.8) is 0 Å². The number of fused-ring (bicyclic) bond motifs is 8. The van der Waals surface area contributed by atoms with Gasteiger partial charge in [0.1, 0.15) is 5.82 Å². The molecule has 0 bridgehead atoms. The topological polar surface area (TPSA) is 17.8 Å². The summed E-state index contributed by atoms with van der Waals surface area (Å²) in [6.07, 6.45) is 1.86. The highest BCUT2D eigenvalue weighted by atomic mass is 32.1. The van der Waals surface area contributed by atoms with Gasteiger partial charge in [-0.2, -0.15) is 0 Å². The summed E-state index contributed by atoms with van der Waals surface area (Å²) in [5.74, 6) is 0.937. The van der Waals surface area contributed by atoms with E-state index in [0.29, 0.717) is 0 Å². The number of nitrogens with zero attached hydrogens (tertiary/aromatic N) is 2. The van der Waals surface area contributed by atoms with Crippen molar-refractivity contribution in [1.82, 2.24) is 9.55 Å². The first-order valence-corrected chi connectivity index (χ1v) is 13.0. The standard InChI is InChI=1S/C33H20N2S/c1-2-8-24-21(7-1)12-16-29-33(24)27-20-22(13-15-28(27)35(29)32-11-5-6-18-34-32)23-14-17-31-26(19-23)25-9-3-4-10-30(25)36-31/h1-20H. The molecule has 0 saturated carbocycles. The van der Waals surface area contributed by atoms with Crippen LogP contribution in [0.2, 0.25) is 0 Å². The fraction of sp³-hybridized carbons (Fsp3) is 0. The molecule has 8 rings (SSSR count). The van der Waals surface area contributed by atoms with Crippen molar-refractivity contribution in [2.24, 2.45) is 0 Å². The Morgan fingerprint density at radius 1 is 0.528 bits per heavy atom. The van der Waals surface area contributed by atoms with Crippen LogP contribution in [0.25, 0.3) is 69.7 Å². The van der Waals surface area contributed by atoms with Crippen LogP contribution in [0, 0.1) is 0 Å². The summed E-state index contributed by atoms with van der Waals surface area (Å²) in [6.45, 7) is 0. The first kappa shape index (κ1) is 19.8. The first-order valence-electron chi connectivity index (χ1n) is 12.1. The SMILES string of the molecule is c1ccc(-n2c3ccc(-c4ccc5sc6ccccc6c5c4)cc3c3c4ccccc4ccc32)nc1. The quantitative estimate of drug-likeness (QED) is 0.243. The van der Waals surface area contributed by atoms with Crippen molar-refractivity contribution in [3.05, 3.63) is 121 Å². The van der Waals surface area contributed by atoms with Crippen molar-refractivity contribution in [1.29, 1.82) is 0 Å². The molecule has 3 heteroatoms. The molecule has 8 aromatic rings. The third-order valence-corrected chi connectivity index (χ3v) is 8.39. The monoisotopic (exact) mass is 476 g/mol. The Morgan fingerprint density at radius 2 is 1.25 bits per heavy atom. The van der Waals surface area contributed by atoms with Gasteiger partial charge in [0.25, 0.3) is 0 Å². The van der Waals surface area contributed by atoms with Crippen molar-refractivity contribution in [3.8, 4) is 16.9 Å². The lowest BCUT2D eigenvalue weighted by Crippen LogP contribution is -1.96. The van der Waals surface area contributed by atoms with E-state index < -0.39 is 0 Å². The molecule has 0 fully saturated rings. The molecule has 3 heterocycles. The highest BCUT2D eigenvalue weighted by Crippen LogP contribution is 2.40. The minimum absolute atomic E-state index is 0.937. The van der Waals surface area contributed by atoms with Crippen LogP contribution >= 0.6 is 11.3 Å². The highest BCUT2D eigenvalue weighted by molar-refractivity contribution is 7.25. The van der Waals surface area contributed by atoms with Crippen LogP contribution in [0.1, 0.15) is 0 Å². The van der Waals surface area contributed by atoms with E-state index >= 15 is 0 Å². The maximum Gasteiger partial charge on any atom is 0.137 e. The Bertz CT molecular complexity index is 2100. The molecule has 0 atom stereocenters. The van der Waals surface area contributed by atoms with Gasteiger partial charge in [0.05, 0.1) is 11.0 Å². The molecule has 0 N–H and O–H groups in total. The van der Waals surface area contributed by atoms with Gasteiger partial charge in [0.15, 0.2) is 0 Å². The van der Waals surface area contributed by atoms with Crippen LogP contribution in [0.5, 0.6) is 0 Å². The normalized spacial score (nSPS) is 11.9. The van der Waals surface area contributed by atoms with Crippen molar-refractivity contribution in [2.75, 3.05) is 0 Å². The maximum absolute atomic E-state index is 4.70. The molecule has 36 heavy (non-hydrogen) atoms. The smallest absolute Gasteiger partial charge is 0.137 e. The Morgan fingerprint density at radius 3 is 2.14 bits per heavy atom. The molecule has 0 aliphatic rings. The van der Waals surface area contributed by atoms with Gasteiger partial charge < -0.3 is 0 Å². The second-order valence-corrected chi connectivity index (χ2v) is 10.3. The summed E-state index contributed by atoms with van der Waals surface area (Å²) in [4.78, 5) is 4.70. The summed E-state index contributed by atoms with van der Waals surface area (Å²) >= 11 is 1.86. The van der Waals surface area contributed by atoms with E-state index in [2.05, 4.69) is 114 Å². The van der Waals surface area contributed by atoms with Crippen LogP contribution in [0.4, 0.5) is 0 Å². The number of hydrogen-bond acceptors (Lipinski definition) is 2. The fourth-order valence-electron chi connectivity index (χ4n) is 5.61. The largest absolute Gasteiger partial charge is 0.294 e. The molecule has 0 aliphatic heterocycles. The average molecular weight is 477 g/mol. The first-order chi connectivity index (χ1) is 17.8. The average Bonchev–Trinajstić information content (AvgIpc) is 3.48. The summed E-state index contributed by atoms with van der Waals surface area (Å²) < 4.78 is 4.96. The number of rotatable bonds is 2. The molecular weight excluding hydrogens is 456 g/mol. The molecule has 0 unspecified atom stereocenters. The molecule has 3 aromatic heterocycles. The van der Waals surface area contributed by atoms with E-state index in [1.165, 1.54) is 63.9 Å². The predicted molar refractivity (Wildman–Crippen MR) is 154 cm³/mol. The van der Waals surface area contributed by atoms with Crippen LogP contribution in [-0.4, -0.2) is 9.55 Å². The van der Waals surface area contributed by atoms with Gasteiger partial charge in [-0.3, -0.25) is 4.57 Å². The minimum Gasteiger partial charge on any atom is -0.294 e. The Labute approximate surface area is 211 Å².